The molecule has 7 heteroatoms. The van der Waals surface area contributed by atoms with Crippen molar-refractivity contribution in [1.29, 1.82) is 0 Å². The van der Waals surface area contributed by atoms with Gasteiger partial charge in [-0.05, 0) is 73.5 Å². The van der Waals surface area contributed by atoms with Crippen molar-refractivity contribution in [3.8, 4) is 0 Å². The molecule has 5 aliphatic rings. The average Bonchev–Trinajstić information content (AvgIpc) is 3.10. The number of aliphatic hydroxyl groups is 2. The highest BCUT2D eigenvalue weighted by Crippen LogP contribution is 2.70. The summed E-state index contributed by atoms with van der Waals surface area (Å²) in [5, 5.41) is 21.2. The van der Waals surface area contributed by atoms with Crippen LogP contribution in [0.25, 0.3) is 0 Å². The Bertz CT molecular complexity index is 884. The number of fused-ring (bicyclic) bond motifs is 5. The van der Waals surface area contributed by atoms with Crippen molar-refractivity contribution >= 4 is 11.9 Å². The van der Waals surface area contributed by atoms with Gasteiger partial charge in [0.15, 0.2) is 6.29 Å². The highest BCUT2D eigenvalue weighted by Gasteiger charge is 2.64. The van der Waals surface area contributed by atoms with Crippen LogP contribution in [0, 0.1) is 39.9 Å². The Kier molecular flexibility index (Phi) is 5.93. The van der Waals surface area contributed by atoms with Gasteiger partial charge in [-0.3, -0.25) is 4.79 Å². The molecule has 7 nitrogen and oxygen atoms in total. The molecule has 0 bridgehead atoms. The lowest BCUT2D eigenvalue weighted by Gasteiger charge is -2.68. The molecule has 0 aromatic rings. The molecule has 1 saturated heterocycles. The molecule has 190 valence electrons. The van der Waals surface area contributed by atoms with Crippen molar-refractivity contribution in [1.82, 2.24) is 0 Å². The summed E-state index contributed by atoms with van der Waals surface area (Å²) >= 11 is 0. The summed E-state index contributed by atoms with van der Waals surface area (Å²) in [5.74, 6) is 0.532. The third-order valence-corrected chi connectivity index (χ3v) is 10.7. The van der Waals surface area contributed by atoms with Gasteiger partial charge in [0.25, 0.3) is 0 Å². The second kappa shape index (κ2) is 8.31. The van der Waals surface area contributed by atoms with E-state index in [0.717, 1.165) is 38.5 Å². The molecule has 5 rings (SSSR count). The molecular formula is C27H40O7. The van der Waals surface area contributed by atoms with Crippen LogP contribution in [0.3, 0.4) is 0 Å². The smallest absolute Gasteiger partial charge is 0.333 e. The zero-order chi connectivity index (χ0) is 24.5. The number of ether oxygens (including phenoxy) is 3. The van der Waals surface area contributed by atoms with Crippen molar-refractivity contribution in [2.75, 3.05) is 6.61 Å². The van der Waals surface area contributed by atoms with Crippen LogP contribution in [-0.2, 0) is 23.8 Å². The fourth-order valence-corrected chi connectivity index (χ4v) is 9.31. The van der Waals surface area contributed by atoms with Crippen LogP contribution >= 0.6 is 0 Å². The predicted octanol–water partition coefficient (Wildman–Crippen LogP) is 3.71. The van der Waals surface area contributed by atoms with Crippen molar-refractivity contribution in [3.63, 3.8) is 0 Å². The average molecular weight is 477 g/mol. The molecule has 3 aliphatic carbocycles. The van der Waals surface area contributed by atoms with E-state index < -0.39 is 24.7 Å². The first-order valence-electron chi connectivity index (χ1n) is 13.0. The van der Waals surface area contributed by atoms with Gasteiger partial charge in [-0.1, -0.05) is 27.2 Å². The van der Waals surface area contributed by atoms with Crippen LogP contribution in [0.4, 0.5) is 0 Å². The van der Waals surface area contributed by atoms with E-state index in [4.69, 9.17) is 14.2 Å². The van der Waals surface area contributed by atoms with Crippen molar-refractivity contribution < 1.29 is 34.0 Å². The number of aliphatic hydroxyl groups excluding tert-OH is 2. The Balaban J connectivity index is 1.43. The van der Waals surface area contributed by atoms with E-state index in [0.29, 0.717) is 30.4 Å². The monoisotopic (exact) mass is 476 g/mol. The van der Waals surface area contributed by atoms with Crippen molar-refractivity contribution in [3.05, 3.63) is 11.6 Å². The number of carbonyl (C=O) groups is 2. The zero-order valence-electron chi connectivity index (χ0n) is 20.9. The third kappa shape index (κ3) is 3.65. The molecular weight excluding hydrogens is 436 g/mol. The van der Waals surface area contributed by atoms with Gasteiger partial charge in [0.1, 0.15) is 0 Å². The largest absolute Gasteiger partial charge is 0.465 e. The molecule has 2 N–H and O–H groups in total. The number of rotatable bonds is 3. The van der Waals surface area contributed by atoms with Crippen LogP contribution in [-0.4, -0.2) is 47.4 Å². The first-order chi connectivity index (χ1) is 16.0. The molecule has 2 heterocycles. The van der Waals surface area contributed by atoms with Gasteiger partial charge < -0.3 is 24.4 Å². The molecule has 0 radical (unpaired) electrons. The van der Waals surface area contributed by atoms with Gasteiger partial charge in [-0.15, -0.1) is 0 Å². The first kappa shape index (κ1) is 24.3. The van der Waals surface area contributed by atoms with Gasteiger partial charge in [0.05, 0.1) is 12.7 Å². The van der Waals surface area contributed by atoms with Crippen LogP contribution in [0.15, 0.2) is 11.6 Å². The molecule has 10 atom stereocenters. The number of hydrogen-bond donors (Lipinski definition) is 2. The van der Waals surface area contributed by atoms with E-state index in [1.165, 1.54) is 19.4 Å². The van der Waals surface area contributed by atoms with E-state index in [2.05, 4.69) is 20.8 Å². The highest BCUT2D eigenvalue weighted by molar-refractivity contribution is 5.85. The lowest BCUT2D eigenvalue weighted by molar-refractivity contribution is -0.264. The maximum absolute atomic E-state index is 11.7. The summed E-state index contributed by atoms with van der Waals surface area (Å²) in [5.41, 5.74) is 0.603. The van der Waals surface area contributed by atoms with E-state index in [1.54, 1.807) is 0 Å². The minimum Gasteiger partial charge on any atom is -0.465 e. The minimum absolute atomic E-state index is 0.00889. The van der Waals surface area contributed by atoms with E-state index in [9.17, 15) is 19.8 Å². The summed E-state index contributed by atoms with van der Waals surface area (Å²) in [6.07, 6.45) is 6.82. The van der Waals surface area contributed by atoms with Gasteiger partial charge in [0.2, 0.25) is 6.29 Å². The summed E-state index contributed by atoms with van der Waals surface area (Å²) in [6, 6.07) is 0. The van der Waals surface area contributed by atoms with Gasteiger partial charge in [-0.2, -0.15) is 0 Å². The fourth-order valence-electron chi connectivity index (χ4n) is 9.31. The van der Waals surface area contributed by atoms with Crippen LogP contribution < -0.4 is 0 Å². The summed E-state index contributed by atoms with van der Waals surface area (Å²) in [4.78, 5) is 23.3. The quantitative estimate of drug-likeness (QED) is 0.599. The topological polar surface area (TPSA) is 102 Å². The highest BCUT2D eigenvalue weighted by atomic mass is 16.6. The van der Waals surface area contributed by atoms with Gasteiger partial charge in [-0.25, -0.2) is 4.79 Å². The molecule has 0 aromatic heterocycles. The zero-order valence-corrected chi connectivity index (χ0v) is 20.9. The van der Waals surface area contributed by atoms with E-state index in [-0.39, 0.29) is 34.1 Å². The molecule has 1 unspecified atom stereocenters. The third-order valence-electron chi connectivity index (χ3n) is 10.7. The number of esters is 2. The Hall–Kier alpha value is -1.44. The molecule has 0 aromatic carbocycles. The van der Waals surface area contributed by atoms with Crippen LogP contribution in [0.5, 0.6) is 0 Å². The van der Waals surface area contributed by atoms with E-state index >= 15 is 0 Å². The lowest BCUT2D eigenvalue weighted by Crippen LogP contribution is -2.62. The Labute approximate surface area is 202 Å². The van der Waals surface area contributed by atoms with Crippen LogP contribution in [0.2, 0.25) is 0 Å². The van der Waals surface area contributed by atoms with Crippen molar-refractivity contribution in [2.24, 2.45) is 39.9 Å². The van der Waals surface area contributed by atoms with Gasteiger partial charge >= 0.3 is 11.9 Å². The molecule has 3 saturated carbocycles. The van der Waals surface area contributed by atoms with E-state index in [1.807, 2.05) is 0 Å². The second-order valence-corrected chi connectivity index (χ2v) is 12.5. The molecule has 2 aliphatic heterocycles. The SMILES string of the molecule is CC(=O)OC[C@@]1(C)CCC[C@]2(C)[C@H]3CC[C@@H]4[C@H](O)O[C@@H](C5=CC(=O)OC5O)C[C@H]4[C@]3(C)CC[C@@H]12. The second-order valence-electron chi connectivity index (χ2n) is 12.5. The Morgan fingerprint density at radius 1 is 1.09 bits per heavy atom. The molecule has 4 fully saturated rings. The Morgan fingerprint density at radius 2 is 1.85 bits per heavy atom. The molecule has 0 amide bonds. The summed E-state index contributed by atoms with van der Waals surface area (Å²) < 4.78 is 16.4. The first-order valence-corrected chi connectivity index (χ1v) is 13.0. The van der Waals surface area contributed by atoms with Crippen LogP contribution in [0.1, 0.15) is 79.1 Å². The minimum atomic E-state index is -1.29. The van der Waals surface area contributed by atoms with Gasteiger partial charge in [0, 0.05) is 29.9 Å². The number of hydrogen-bond acceptors (Lipinski definition) is 7. The number of carbonyl (C=O) groups excluding carboxylic acids is 2. The number of cyclic esters (lactones) is 1. The normalized spacial score (nSPS) is 50.4. The standard InChI is InChI=1S/C27H40O7/c1-15(28)32-14-25(2)9-5-10-27(4)20(25)8-11-26(3)18-13-19(17-12-22(29)34-24(17)31)33-23(30)16(18)6-7-21(26)27/h12,16,18-21,23-24,30-31H,5-11,13-14H2,1-4H3/t16-,18+,19+,20-,21-,23+,24?,25+,26-,27-/m0/s1. The maximum atomic E-state index is 11.7. The lowest BCUT2D eigenvalue weighted by atomic mass is 9.38. The van der Waals surface area contributed by atoms with Crippen molar-refractivity contribution in [2.45, 2.75) is 97.7 Å². The molecule has 0 spiro atoms. The molecule has 34 heavy (non-hydrogen) atoms. The summed E-state index contributed by atoms with van der Waals surface area (Å²) in [6.45, 7) is 9.17. The maximum Gasteiger partial charge on any atom is 0.333 e. The summed E-state index contributed by atoms with van der Waals surface area (Å²) in [7, 11) is 0. The Morgan fingerprint density at radius 3 is 2.53 bits per heavy atom. The fraction of sp³-hybridized carbons (Fsp3) is 0.852. The predicted molar refractivity (Wildman–Crippen MR) is 123 cm³/mol.